The van der Waals surface area contributed by atoms with E-state index < -0.39 is 5.97 Å². The number of esters is 1. The van der Waals surface area contributed by atoms with Gasteiger partial charge in [-0.3, -0.25) is 9.69 Å². The smallest absolute Gasteiger partial charge is 0.350 e. The van der Waals surface area contributed by atoms with Gasteiger partial charge in [0.25, 0.3) is 0 Å². The number of ether oxygens (including phenoxy) is 1. The molecule has 2 aromatic heterocycles. The lowest BCUT2D eigenvalue weighted by molar-refractivity contribution is -0.117. The molecular formula is C21H27N3O3S2. The van der Waals surface area contributed by atoms with E-state index in [-0.39, 0.29) is 5.91 Å². The molecule has 0 spiro atoms. The molecule has 6 nitrogen and oxygen atoms in total. The quantitative estimate of drug-likeness (QED) is 0.690. The minimum absolute atomic E-state index is 0.0309. The highest BCUT2D eigenvalue weighted by Gasteiger charge is 2.24. The molecule has 2 fully saturated rings. The lowest BCUT2D eigenvalue weighted by atomic mass is 10.0. The Morgan fingerprint density at radius 1 is 1.24 bits per heavy atom. The Kier molecular flexibility index (Phi) is 6.72. The van der Waals surface area contributed by atoms with E-state index in [1.165, 1.54) is 31.3 Å². The molecule has 0 aromatic carbocycles. The van der Waals surface area contributed by atoms with Gasteiger partial charge in [0.2, 0.25) is 5.91 Å². The maximum Gasteiger partial charge on any atom is 0.350 e. The normalized spacial score (nSPS) is 18.2. The maximum absolute atomic E-state index is 12.6. The summed E-state index contributed by atoms with van der Waals surface area (Å²) in [6, 6.07) is 3.98. The van der Waals surface area contributed by atoms with E-state index >= 15 is 0 Å². The molecule has 1 N–H and O–H groups in total. The summed E-state index contributed by atoms with van der Waals surface area (Å²) in [4.78, 5) is 33.3. The van der Waals surface area contributed by atoms with Gasteiger partial charge < -0.3 is 10.1 Å². The molecule has 29 heavy (non-hydrogen) atoms. The summed E-state index contributed by atoms with van der Waals surface area (Å²) in [5, 5.41) is 3.81. The molecule has 156 valence electrons. The highest BCUT2D eigenvalue weighted by Crippen LogP contribution is 2.36. The zero-order chi connectivity index (χ0) is 20.2. The Bertz CT molecular complexity index is 887. The number of thioether (sulfide) groups is 1. The molecule has 4 rings (SSSR count). The summed E-state index contributed by atoms with van der Waals surface area (Å²) in [5.74, 6) is 2.31. The van der Waals surface area contributed by atoms with Crippen molar-refractivity contribution in [1.82, 2.24) is 9.88 Å². The predicted molar refractivity (Wildman–Crippen MR) is 119 cm³/mol. The monoisotopic (exact) mass is 433 g/mol. The average molecular weight is 434 g/mol. The number of nitrogens with zero attached hydrogens (tertiary/aromatic N) is 2. The van der Waals surface area contributed by atoms with Crippen molar-refractivity contribution < 1.29 is 14.3 Å². The van der Waals surface area contributed by atoms with Gasteiger partial charge in [-0.2, -0.15) is 11.8 Å². The van der Waals surface area contributed by atoms with Gasteiger partial charge in [0.1, 0.15) is 9.71 Å². The topological polar surface area (TPSA) is 71.5 Å². The van der Waals surface area contributed by atoms with Gasteiger partial charge in [0.15, 0.2) is 0 Å². The molecular weight excluding hydrogens is 406 g/mol. The largest absolute Gasteiger partial charge is 0.465 e. The second-order valence-electron chi connectivity index (χ2n) is 7.74. The van der Waals surface area contributed by atoms with Gasteiger partial charge in [-0.05, 0) is 30.9 Å². The van der Waals surface area contributed by atoms with Crippen LogP contribution in [0.5, 0.6) is 0 Å². The van der Waals surface area contributed by atoms with Crippen molar-refractivity contribution in [3.8, 4) is 0 Å². The molecule has 0 radical (unpaired) electrons. The van der Waals surface area contributed by atoms with Crippen molar-refractivity contribution >= 4 is 50.9 Å². The molecule has 1 saturated heterocycles. The van der Waals surface area contributed by atoms with Crippen LogP contribution in [-0.2, 0) is 16.1 Å². The lowest BCUT2D eigenvalue weighted by Gasteiger charge is -2.25. The van der Waals surface area contributed by atoms with E-state index in [4.69, 9.17) is 9.72 Å². The molecule has 0 atom stereocenters. The van der Waals surface area contributed by atoms with Crippen LogP contribution in [-0.4, -0.2) is 53.5 Å². The van der Waals surface area contributed by atoms with Crippen LogP contribution in [0.2, 0.25) is 0 Å². The molecule has 1 aliphatic heterocycles. The highest BCUT2D eigenvalue weighted by atomic mass is 32.2. The Labute approximate surface area is 179 Å². The summed E-state index contributed by atoms with van der Waals surface area (Å²) in [6.07, 6.45) is 5.14. The van der Waals surface area contributed by atoms with Gasteiger partial charge in [-0.25, -0.2) is 9.78 Å². The number of amides is 1. The third-order valence-electron chi connectivity index (χ3n) is 5.69. The van der Waals surface area contributed by atoms with E-state index in [2.05, 4.69) is 10.2 Å². The van der Waals surface area contributed by atoms with Gasteiger partial charge in [0, 0.05) is 42.9 Å². The summed E-state index contributed by atoms with van der Waals surface area (Å²) in [7, 11) is 1.37. The number of anilines is 1. The van der Waals surface area contributed by atoms with Crippen LogP contribution in [0.3, 0.4) is 0 Å². The van der Waals surface area contributed by atoms with E-state index in [0.29, 0.717) is 22.9 Å². The average Bonchev–Trinajstić information content (AvgIpc) is 3.36. The van der Waals surface area contributed by atoms with E-state index in [9.17, 15) is 9.59 Å². The number of carbonyl (C=O) groups is 2. The number of fused-ring (bicyclic) bond motifs is 1. The zero-order valence-electron chi connectivity index (χ0n) is 16.7. The van der Waals surface area contributed by atoms with Crippen molar-refractivity contribution in [3.63, 3.8) is 0 Å². The summed E-state index contributed by atoms with van der Waals surface area (Å²) in [5.41, 5.74) is 1.54. The Morgan fingerprint density at radius 3 is 2.72 bits per heavy atom. The van der Waals surface area contributed by atoms with Crippen molar-refractivity contribution in [2.75, 3.05) is 37.0 Å². The first-order chi connectivity index (χ1) is 14.1. The Hall–Kier alpha value is -1.64. The van der Waals surface area contributed by atoms with E-state index in [0.717, 1.165) is 59.9 Å². The number of methoxy groups -OCH3 is 1. The fourth-order valence-electron chi connectivity index (χ4n) is 4.12. The maximum atomic E-state index is 12.6. The van der Waals surface area contributed by atoms with E-state index in [1.54, 1.807) is 0 Å². The summed E-state index contributed by atoms with van der Waals surface area (Å²) in [6.45, 7) is 2.96. The Morgan fingerprint density at radius 2 is 2.00 bits per heavy atom. The number of aromatic nitrogens is 1. The third-order valence-corrected chi connectivity index (χ3v) is 7.71. The molecule has 2 aliphatic rings. The first-order valence-electron chi connectivity index (χ1n) is 10.2. The molecule has 3 heterocycles. The minimum Gasteiger partial charge on any atom is -0.465 e. The minimum atomic E-state index is -0.432. The summed E-state index contributed by atoms with van der Waals surface area (Å²) >= 11 is 3.28. The fraction of sp³-hybridized carbons (Fsp3) is 0.571. The fourth-order valence-corrected chi connectivity index (χ4v) is 6.17. The second-order valence-corrected chi connectivity index (χ2v) is 9.97. The van der Waals surface area contributed by atoms with Crippen molar-refractivity contribution in [1.29, 1.82) is 0 Å². The first kappa shape index (κ1) is 20.6. The van der Waals surface area contributed by atoms with Crippen LogP contribution in [0.15, 0.2) is 12.1 Å². The molecule has 0 bridgehead atoms. The summed E-state index contributed by atoms with van der Waals surface area (Å²) < 4.78 is 4.96. The third kappa shape index (κ3) is 4.92. The molecule has 1 aliphatic carbocycles. The number of nitrogens with one attached hydrogen (secondary N) is 1. The van der Waals surface area contributed by atoms with Crippen LogP contribution in [0.25, 0.3) is 10.2 Å². The number of pyridine rings is 1. The van der Waals surface area contributed by atoms with Crippen LogP contribution >= 0.6 is 23.1 Å². The molecule has 8 heteroatoms. The lowest BCUT2D eigenvalue weighted by Crippen LogP contribution is -2.32. The predicted octanol–water partition coefficient (Wildman–Crippen LogP) is 4.15. The van der Waals surface area contributed by atoms with Gasteiger partial charge in [0.05, 0.1) is 18.5 Å². The van der Waals surface area contributed by atoms with Crippen molar-refractivity contribution in [3.05, 3.63) is 22.7 Å². The number of thiophene rings is 1. The zero-order valence-corrected chi connectivity index (χ0v) is 18.4. The first-order valence-corrected chi connectivity index (χ1v) is 12.2. The Balaban J connectivity index is 1.57. The van der Waals surface area contributed by atoms with Gasteiger partial charge in [-0.1, -0.05) is 12.8 Å². The van der Waals surface area contributed by atoms with Crippen LogP contribution in [0.1, 0.15) is 47.5 Å². The molecule has 0 unspecified atom stereocenters. The van der Waals surface area contributed by atoms with Crippen LogP contribution in [0, 0.1) is 5.92 Å². The second kappa shape index (κ2) is 9.45. The molecule has 2 aromatic rings. The van der Waals surface area contributed by atoms with Crippen LogP contribution < -0.4 is 5.32 Å². The molecule has 1 saturated carbocycles. The van der Waals surface area contributed by atoms with Crippen molar-refractivity contribution in [2.24, 2.45) is 5.92 Å². The number of hydrogen-bond donors (Lipinski definition) is 1. The number of carbonyl (C=O) groups excluding carboxylic acids is 2. The molecule has 1 amide bonds. The standard InChI is InChI=1S/C21H27N3O3S2/c1-27-21(26)19-18(23-17(25)12-14-4-2-3-5-14)16-7-6-15(22-20(16)29-19)13-24-8-10-28-11-9-24/h6-7,14H,2-5,8-13H2,1H3,(H,23,25). The number of hydrogen-bond acceptors (Lipinski definition) is 7. The van der Waals surface area contributed by atoms with Gasteiger partial charge >= 0.3 is 5.97 Å². The van der Waals surface area contributed by atoms with Gasteiger partial charge in [-0.15, -0.1) is 11.3 Å². The van der Waals surface area contributed by atoms with E-state index in [1.807, 2.05) is 23.9 Å². The van der Waals surface area contributed by atoms with Crippen molar-refractivity contribution in [2.45, 2.75) is 38.6 Å². The SMILES string of the molecule is COC(=O)c1sc2nc(CN3CCSCC3)ccc2c1NC(=O)CC1CCCC1. The van der Waals surface area contributed by atoms with Crippen LogP contribution in [0.4, 0.5) is 5.69 Å². The highest BCUT2D eigenvalue weighted by molar-refractivity contribution is 7.99. The number of rotatable bonds is 6.